The van der Waals surface area contributed by atoms with Crippen LogP contribution in [0.2, 0.25) is 0 Å². The van der Waals surface area contributed by atoms with Crippen molar-refractivity contribution >= 4 is 23.0 Å². The van der Waals surface area contributed by atoms with Gasteiger partial charge in [0.15, 0.2) is 5.12 Å². The summed E-state index contributed by atoms with van der Waals surface area (Å²) in [4.78, 5) is 11.7. The Labute approximate surface area is 93.6 Å². The highest BCUT2D eigenvalue weighted by molar-refractivity contribution is 8.14. The standard InChI is InChI=1S/C13H12OS/c14-13-12(7-8-15-13)11-6-5-9-3-1-2-4-10(9)11/h1-6,11-12H,7-8H2. The van der Waals surface area contributed by atoms with Gasteiger partial charge in [-0.3, -0.25) is 4.79 Å². The number of benzene rings is 1. The number of fused-ring (bicyclic) bond motifs is 1. The lowest BCUT2D eigenvalue weighted by Gasteiger charge is -2.16. The molecule has 3 rings (SSSR count). The molecule has 0 saturated carbocycles. The molecule has 2 heteroatoms. The highest BCUT2D eigenvalue weighted by atomic mass is 32.2. The second kappa shape index (κ2) is 3.53. The highest BCUT2D eigenvalue weighted by Crippen LogP contribution is 2.42. The zero-order valence-electron chi connectivity index (χ0n) is 8.35. The van der Waals surface area contributed by atoms with Crippen LogP contribution in [0, 0.1) is 5.92 Å². The van der Waals surface area contributed by atoms with Crippen LogP contribution in [0.1, 0.15) is 23.5 Å². The minimum Gasteiger partial charge on any atom is -0.287 e. The van der Waals surface area contributed by atoms with Gasteiger partial charge >= 0.3 is 0 Å². The summed E-state index contributed by atoms with van der Waals surface area (Å²) in [5, 5.41) is 0.376. The summed E-state index contributed by atoms with van der Waals surface area (Å²) in [6.07, 6.45) is 5.38. The van der Waals surface area contributed by atoms with Crippen LogP contribution in [-0.4, -0.2) is 10.9 Å². The fourth-order valence-electron chi connectivity index (χ4n) is 2.47. The van der Waals surface area contributed by atoms with Crippen LogP contribution in [0.4, 0.5) is 0 Å². The van der Waals surface area contributed by atoms with E-state index < -0.39 is 0 Å². The molecule has 2 unspecified atom stereocenters. The van der Waals surface area contributed by atoms with Crippen molar-refractivity contribution in [2.45, 2.75) is 12.3 Å². The Balaban J connectivity index is 1.97. The van der Waals surface area contributed by atoms with E-state index in [1.54, 1.807) is 0 Å². The van der Waals surface area contributed by atoms with E-state index in [9.17, 15) is 4.79 Å². The number of carbonyl (C=O) groups is 1. The van der Waals surface area contributed by atoms with Crippen molar-refractivity contribution in [3.63, 3.8) is 0 Å². The van der Waals surface area contributed by atoms with Gasteiger partial charge in [-0.15, -0.1) is 0 Å². The zero-order valence-corrected chi connectivity index (χ0v) is 9.17. The van der Waals surface area contributed by atoms with E-state index >= 15 is 0 Å². The predicted molar refractivity (Wildman–Crippen MR) is 63.8 cm³/mol. The molecule has 1 aliphatic carbocycles. The van der Waals surface area contributed by atoms with Crippen LogP contribution in [0.5, 0.6) is 0 Å². The fourth-order valence-corrected chi connectivity index (χ4v) is 3.52. The number of allylic oxidation sites excluding steroid dienone is 1. The maximum absolute atomic E-state index is 11.7. The summed E-state index contributed by atoms with van der Waals surface area (Å²) in [6.45, 7) is 0. The molecule has 0 bridgehead atoms. The Morgan fingerprint density at radius 2 is 2.13 bits per heavy atom. The fraction of sp³-hybridized carbons (Fsp3) is 0.308. The Morgan fingerprint density at radius 3 is 2.93 bits per heavy atom. The average molecular weight is 216 g/mol. The molecule has 0 N–H and O–H groups in total. The van der Waals surface area contributed by atoms with Gasteiger partial charge in [-0.05, 0) is 17.5 Å². The summed E-state index contributed by atoms with van der Waals surface area (Å²) < 4.78 is 0. The molecule has 1 aliphatic heterocycles. The van der Waals surface area contributed by atoms with Gasteiger partial charge in [-0.1, -0.05) is 48.2 Å². The molecule has 0 spiro atoms. The van der Waals surface area contributed by atoms with Gasteiger partial charge in [0.05, 0.1) is 0 Å². The maximum Gasteiger partial charge on any atom is 0.192 e. The van der Waals surface area contributed by atoms with Crippen LogP contribution in [0.3, 0.4) is 0 Å². The van der Waals surface area contributed by atoms with Crippen molar-refractivity contribution in [3.8, 4) is 0 Å². The number of rotatable bonds is 1. The third kappa shape index (κ3) is 1.44. The first-order valence-electron chi connectivity index (χ1n) is 5.30. The Morgan fingerprint density at radius 1 is 1.27 bits per heavy atom. The molecule has 0 radical (unpaired) electrons. The highest BCUT2D eigenvalue weighted by Gasteiger charge is 2.34. The molecular formula is C13H12OS. The Bertz CT molecular complexity index is 436. The predicted octanol–water partition coefficient (Wildman–Crippen LogP) is 3.08. The van der Waals surface area contributed by atoms with Crippen molar-refractivity contribution < 1.29 is 4.79 Å². The van der Waals surface area contributed by atoms with Gasteiger partial charge < -0.3 is 0 Å². The lowest BCUT2D eigenvalue weighted by Crippen LogP contribution is -2.13. The van der Waals surface area contributed by atoms with Crippen molar-refractivity contribution in [2.24, 2.45) is 5.92 Å². The molecule has 1 aromatic carbocycles. The lowest BCUT2D eigenvalue weighted by molar-refractivity contribution is -0.114. The molecule has 1 heterocycles. The number of carbonyl (C=O) groups excluding carboxylic acids is 1. The third-order valence-corrected chi connectivity index (χ3v) is 4.27. The molecule has 15 heavy (non-hydrogen) atoms. The van der Waals surface area contributed by atoms with Crippen LogP contribution in [0.25, 0.3) is 6.08 Å². The maximum atomic E-state index is 11.7. The van der Waals surface area contributed by atoms with Crippen LogP contribution < -0.4 is 0 Å². The first kappa shape index (κ1) is 9.22. The molecule has 2 aliphatic rings. The van der Waals surface area contributed by atoms with E-state index in [1.165, 1.54) is 22.9 Å². The van der Waals surface area contributed by atoms with Crippen LogP contribution in [-0.2, 0) is 4.79 Å². The molecule has 0 amide bonds. The molecule has 1 fully saturated rings. The van der Waals surface area contributed by atoms with Gasteiger partial charge in [0, 0.05) is 17.6 Å². The summed E-state index contributed by atoms with van der Waals surface area (Å²) in [5.41, 5.74) is 2.62. The summed E-state index contributed by atoms with van der Waals surface area (Å²) in [6, 6.07) is 8.39. The number of hydrogen-bond donors (Lipinski definition) is 0. The third-order valence-electron chi connectivity index (χ3n) is 3.25. The van der Waals surface area contributed by atoms with Gasteiger partial charge in [0.25, 0.3) is 0 Å². The minimum absolute atomic E-state index is 0.218. The van der Waals surface area contributed by atoms with E-state index in [1.807, 2.05) is 0 Å². The second-order valence-corrected chi connectivity index (χ2v) is 5.18. The van der Waals surface area contributed by atoms with Gasteiger partial charge in [0.1, 0.15) is 0 Å². The number of hydrogen-bond acceptors (Lipinski definition) is 2. The average Bonchev–Trinajstić information content (AvgIpc) is 2.83. The summed E-state index contributed by atoms with van der Waals surface area (Å²) in [7, 11) is 0. The van der Waals surface area contributed by atoms with E-state index in [2.05, 4.69) is 36.4 Å². The normalized spacial score (nSPS) is 28.4. The molecule has 1 saturated heterocycles. The molecule has 0 aromatic heterocycles. The minimum atomic E-state index is 0.218. The zero-order chi connectivity index (χ0) is 10.3. The van der Waals surface area contributed by atoms with E-state index in [0.29, 0.717) is 11.0 Å². The Hall–Kier alpha value is -1.02. The van der Waals surface area contributed by atoms with Gasteiger partial charge in [-0.2, -0.15) is 0 Å². The monoisotopic (exact) mass is 216 g/mol. The summed E-state index contributed by atoms with van der Waals surface area (Å²) in [5.74, 6) is 1.55. The SMILES string of the molecule is O=C1SCCC1C1C=Cc2ccccc21. The second-order valence-electron chi connectivity index (χ2n) is 4.08. The van der Waals surface area contributed by atoms with Crippen molar-refractivity contribution in [3.05, 3.63) is 41.5 Å². The largest absolute Gasteiger partial charge is 0.287 e. The molecular weight excluding hydrogens is 204 g/mol. The van der Waals surface area contributed by atoms with Crippen molar-refractivity contribution in [1.82, 2.24) is 0 Å². The quantitative estimate of drug-likeness (QED) is 0.717. The number of thioether (sulfide) groups is 1. The van der Waals surface area contributed by atoms with Gasteiger partial charge in [-0.25, -0.2) is 0 Å². The first-order valence-corrected chi connectivity index (χ1v) is 6.28. The molecule has 76 valence electrons. The van der Waals surface area contributed by atoms with E-state index in [-0.39, 0.29) is 5.92 Å². The molecule has 1 aromatic rings. The lowest BCUT2D eigenvalue weighted by atomic mass is 9.87. The Kier molecular flexibility index (Phi) is 2.17. The van der Waals surface area contributed by atoms with E-state index in [0.717, 1.165) is 12.2 Å². The first-order chi connectivity index (χ1) is 7.36. The van der Waals surface area contributed by atoms with Crippen LogP contribution in [0.15, 0.2) is 30.3 Å². The van der Waals surface area contributed by atoms with Crippen LogP contribution >= 0.6 is 11.8 Å². The van der Waals surface area contributed by atoms with Crippen molar-refractivity contribution in [2.75, 3.05) is 5.75 Å². The topological polar surface area (TPSA) is 17.1 Å². The van der Waals surface area contributed by atoms with E-state index in [4.69, 9.17) is 0 Å². The smallest absolute Gasteiger partial charge is 0.192 e. The molecule has 2 atom stereocenters. The van der Waals surface area contributed by atoms with Crippen molar-refractivity contribution in [1.29, 1.82) is 0 Å². The van der Waals surface area contributed by atoms with Gasteiger partial charge in [0.2, 0.25) is 0 Å². The molecule has 1 nitrogen and oxygen atoms in total. The summed E-state index contributed by atoms with van der Waals surface area (Å²) >= 11 is 1.49.